The van der Waals surface area contributed by atoms with E-state index in [0.717, 1.165) is 43.3 Å². The molecule has 4 heteroatoms. The molecule has 0 atom stereocenters. The third-order valence-electron chi connectivity index (χ3n) is 4.02. The molecule has 0 bridgehead atoms. The van der Waals surface area contributed by atoms with E-state index in [0.29, 0.717) is 12.7 Å². The van der Waals surface area contributed by atoms with Crippen molar-refractivity contribution >= 4 is 5.95 Å². The van der Waals surface area contributed by atoms with Gasteiger partial charge in [0.1, 0.15) is 0 Å². The van der Waals surface area contributed by atoms with Crippen LogP contribution in [-0.4, -0.2) is 29.2 Å². The van der Waals surface area contributed by atoms with E-state index >= 15 is 0 Å². The molecular formula is C18H23N3O. The van der Waals surface area contributed by atoms with Crippen molar-refractivity contribution in [3.8, 4) is 0 Å². The van der Waals surface area contributed by atoms with Crippen LogP contribution >= 0.6 is 0 Å². The number of nitrogens with zero attached hydrogens (tertiary/aromatic N) is 3. The molecule has 1 aliphatic heterocycles. The highest BCUT2D eigenvalue weighted by molar-refractivity contribution is 5.32. The molecule has 0 spiro atoms. The summed E-state index contributed by atoms with van der Waals surface area (Å²) in [6.07, 6.45) is 2.40. The van der Waals surface area contributed by atoms with Crippen molar-refractivity contribution in [2.24, 2.45) is 0 Å². The molecule has 0 N–H and O–H groups in total. The zero-order chi connectivity index (χ0) is 15.4. The minimum absolute atomic E-state index is 0.336. The molecule has 0 aliphatic carbocycles. The molecule has 116 valence electrons. The van der Waals surface area contributed by atoms with Gasteiger partial charge in [-0.1, -0.05) is 30.3 Å². The first-order valence-corrected chi connectivity index (χ1v) is 7.93. The zero-order valence-corrected chi connectivity index (χ0v) is 13.3. The van der Waals surface area contributed by atoms with Gasteiger partial charge < -0.3 is 9.64 Å². The topological polar surface area (TPSA) is 38.2 Å². The Bertz CT molecular complexity index is 587. The van der Waals surface area contributed by atoms with Crippen molar-refractivity contribution in [3.63, 3.8) is 0 Å². The fourth-order valence-electron chi connectivity index (χ4n) is 2.86. The Hall–Kier alpha value is -1.94. The van der Waals surface area contributed by atoms with Gasteiger partial charge in [0.15, 0.2) is 0 Å². The molecule has 0 radical (unpaired) electrons. The summed E-state index contributed by atoms with van der Waals surface area (Å²) in [4.78, 5) is 11.4. The molecule has 2 aromatic rings. The average Bonchev–Trinajstić information content (AvgIpc) is 2.53. The van der Waals surface area contributed by atoms with Crippen LogP contribution < -0.4 is 4.90 Å². The second-order valence-electron chi connectivity index (χ2n) is 5.93. The summed E-state index contributed by atoms with van der Waals surface area (Å²) >= 11 is 0. The first-order valence-electron chi connectivity index (χ1n) is 7.93. The predicted octanol–water partition coefficient (Wildman–Crippen LogP) is 3.28. The molecular weight excluding hydrogens is 274 g/mol. The maximum atomic E-state index is 6.03. The number of ether oxygens (including phenoxy) is 1. The van der Waals surface area contributed by atoms with E-state index < -0.39 is 0 Å². The highest BCUT2D eigenvalue weighted by Crippen LogP contribution is 2.20. The van der Waals surface area contributed by atoms with Crippen molar-refractivity contribution in [2.45, 2.75) is 39.4 Å². The molecule has 4 nitrogen and oxygen atoms in total. The van der Waals surface area contributed by atoms with Crippen molar-refractivity contribution in [2.75, 3.05) is 18.0 Å². The Labute approximate surface area is 132 Å². The van der Waals surface area contributed by atoms with Gasteiger partial charge in [0.25, 0.3) is 0 Å². The van der Waals surface area contributed by atoms with Crippen LogP contribution in [0.15, 0.2) is 36.4 Å². The van der Waals surface area contributed by atoms with Crippen LogP contribution in [0.1, 0.15) is 29.8 Å². The van der Waals surface area contributed by atoms with E-state index in [2.05, 4.69) is 39.1 Å². The molecule has 0 amide bonds. The molecule has 1 aromatic carbocycles. The summed E-state index contributed by atoms with van der Waals surface area (Å²) in [6, 6.07) is 12.4. The zero-order valence-electron chi connectivity index (χ0n) is 13.3. The summed E-state index contributed by atoms with van der Waals surface area (Å²) < 4.78 is 6.03. The van der Waals surface area contributed by atoms with Gasteiger partial charge in [0, 0.05) is 24.5 Å². The lowest BCUT2D eigenvalue weighted by atomic mass is 10.1. The van der Waals surface area contributed by atoms with E-state index in [4.69, 9.17) is 4.74 Å². The van der Waals surface area contributed by atoms with Gasteiger partial charge in [-0.15, -0.1) is 0 Å². The second kappa shape index (κ2) is 6.88. The largest absolute Gasteiger partial charge is 0.373 e. The van der Waals surface area contributed by atoms with Crippen LogP contribution in [0, 0.1) is 13.8 Å². The molecule has 2 heterocycles. The monoisotopic (exact) mass is 297 g/mol. The van der Waals surface area contributed by atoms with Crippen LogP contribution in [0.4, 0.5) is 5.95 Å². The number of piperidine rings is 1. The minimum atomic E-state index is 0.336. The van der Waals surface area contributed by atoms with E-state index in [-0.39, 0.29) is 0 Å². The number of hydrogen-bond donors (Lipinski definition) is 0. The number of aromatic nitrogens is 2. The highest BCUT2D eigenvalue weighted by atomic mass is 16.5. The van der Waals surface area contributed by atoms with Crippen molar-refractivity contribution in [1.29, 1.82) is 0 Å². The van der Waals surface area contributed by atoms with Crippen LogP contribution in [0.3, 0.4) is 0 Å². The molecule has 3 rings (SSSR count). The van der Waals surface area contributed by atoms with Gasteiger partial charge in [-0.2, -0.15) is 0 Å². The first-order chi connectivity index (χ1) is 10.7. The smallest absolute Gasteiger partial charge is 0.225 e. The fraction of sp³-hybridized carbons (Fsp3) is 0.444. The number of anilines is 1. The second-order valence-corrected chi connectivity index (χ2v) is 5.93. The normalized spacial score (nSPS) is 16.0. The average molecular weight is 297 g/mol. The molecule has 1 fully saturated rings. The first kappa shape index (κ1) is 15.0. The Morgan fingerprint density at radius 3 is 2.32 bits per heavy atom. The fourth-order valence-corrected chi connectivity index (χ4v) is 2.86. The van der Waals surface area contributed by atoms with Crippen molar-refractivity contribution in [3.05, 3.63) is 53.3 Å². The van der Waals surface area contributed by atoms with E-state index in [1.54, 1.807) is 0 Å². The molecule has 1 aliphatic rings. The van der Waals surface area contributed by atoms with E-state index in [1.807, 2.05) is 26.0 Å². The Morgan fingerprint density at radius 2 is 1.68 bits per heavy atom. The quantitative estimate of drug-likeness (QED) is 0.868. The summed E-state index contributed by atoms with van der Waals surface area (Å²) in [5, 5.41) is 0. The van der Waals surface area contributed by atoms with E-state index in [1.165, 1.54) is 5.56 Å². The lowest BCUT2D eigenvalue weighted by molar-refractivity contribution is 0.0249. The van der Waals surface area contributed by atoms with E-state index in [9.17, 15) is 0 Å². The van der Waals surface area contributed by atoms with Crippen LogP contribution in [0.2, 0.25) is 0 Å². The van der Waals surface area contributed by atoms with Gasteiger partial charge in [0.2, 0.25) is 5.95 Å². The molecule has 0 unspecified atom stereocenters. The minimum Gasteiger partial charge on any atom is -0.373 e. The Morgan fingerprint density at radius 1 is 1.05 bits per heavy atom. The van der Waals surface area contributed by atoms with Gasteiger partial charge in [-0.3, -0.25) is 0 Å². The third-order valence-corrected chi connectivity index (χ3v) is 4.02. The molecule has 1 saturated heterocycles. The number of hydrogen-bond acceptors (Lipinski definition) is 4. The number of benzene rings is 1. The van der Waals surface area contributed by atoms with Gasteiger partial charge in [-0.05, 0) is 38.3 Å². The Balaban J connectivity index is 1.52. The van der Waals surface area contributed by atoms with Gasteiger partial charge in [0.05, 0.1) is 12.7 Å². The number of aryl methyl sites for hydroxylation is 2. The third kappa shape index (κ3) is 3.83. The standard InChI is InChI=1S/C18H23N3O/c1-14-12-15(2)20-18(19-14)21-10-8-17(9-11-21)22-13-16-6-4-3-5-7-16/h3-7,12,17H,8-11,13H2,1-2H3. The summed E-state index contributed by atoms with van der Waals surface area (Å²) in [5.41, 5.74) is 3.30. The lowest BCUT2D eigenvalue weighted by Gasteiger charge is -2.32. The lowest BCUT2D eigenvalue weighted by Crippen LogP contribution is -2.38. The van der Waals surface area contributed by atoms with Crippen LogP contribution in [-0.2, 0) is 11.3 Å². The van der Waals surface area contributed by atoms with Crippen molar-refractivity contribution in [1.82, 2.24) is 9.97 Å². The molecule has 0 saturated carbocycles. The highest BCUT2D eigenvalue weighted by Gasteiger charge is 2.21. The van der Waals surface area contributed by atoms with Gasteiger partial charge in [-0.25, -0.2) is 9.97 Å². The summed E-state index contributed by atoms with van der Waals surface area (Å²) in [6.45, 7) is 6.66. The van der Waals surface area contributed by atoms with Crippen LogP contribution in [0.5, 0.6) is 0 Å². The number of rotatable bonds is 4. The van der Waals surface area contributed by atoms with Crippen molar-refractivity contribution < 1.29 is 4.74 Å². The predicted molar refractivity (Wildman–Crippen MR) is 88.0 cm³/mol. The molecule has 1 aromatic heterocycles. The summed E-state index contributed by atoms with van der Waals surface area (Å²) in [5.74, 6) is 0.860. The Kier molecular flexibility index (Phi) is 4.68. The maximum absolute atomic E-state index is 6.03. The van der Waals surface area contributed by atoms with Gasteiger partial charge >= 0.3 is 0 Å². The SMILES string of the molecule is Cc1cc(C)nc(N2CCC(OCc3ccccc3)CC2)n1. The molecule has 22 heavy (non-hydrogen) atoms. The van der Waals surface area contributed by atoms with Crippen LogP contribution in [0.25, 0.3) is 0 Å². The summed E-state index contributed by atoms with van der Waals surface area (Å²) in [7, 11) is 0. The maximum Gasteiger partial charge on any atom is 0.225 e.